The molecule has 0 saturated carbocycles. The lowest BCUT2D eigenvalue weighted by molar-refractivity contribution is 0.0301. The molecule has 19 nitrogen and oxygen atoms in total. The number of aromatic nitrogens is 6. The number of morpholine rings is 2. The number of ketones is 2. The molecule has 20 heteroatoms. The van der Waals surface area contributed by atoms with Gasteiger partial charge in [-0.2, -0.15) is 10.2 Å². The first-order chi connectivity index (χ1) is 41.6. The first-order valence-electron chi connectivity index (χ1n) is 28.6. The van der Waals surface area contributed by atoms with Crippen molar-refractivity contribution in [3.05, 3.63) is 203 Å². The van der Waals surface area contributed by atoms with Crippen LogP contribution in [0.1, 0.15) is 63.9 Å². The maximum absolute atomic E-state index is 14.2. The van der Waals surface area contributed by atoms with Crippen molar-refractivity contribution >= 4 is 64.9 Å². The average molecular weight is 1170 g/mol. The molecule has 440 valence electrons. The molecule has 2 fully saturated rings. The van der Waals surface area contributed by atoms with Crippen molar-refractivity contribution in [3.8, 4) is 34.4 Å². The van der Waals surface area contributed by atoms with Crippen LogP contribution in [0.3, 0.4) is 0 Å². The smallest absolute Gasteiger partial charge is 0.254 e. The number of ether oxygens (including phenoxy) is 5. The van der Waals surface area contributed by atoms with Crippen molar-refractivity contribution in [1.82, 2.24) is 38.9 Å². The van der Waals surface area contributed by atoms with Gasteiger partial charge in [-0.15, -0.1) is 0 Å². The zero-order valence-electron chi connectivity index (χ0n) is 48.7. The number of aromatic amines is 1. The number of hydrogen-bond acceptors (Lipinski definition) is 13. The van der Waals surface area contributed by atoms with Crippen LogP contribution in [0.2, 0.25) is 25.7 Å². The highest BCUT2D eigenvalue weighted by Gasteiger charge is 2.27. The van der Waals surface area contributed by atoms with Gasteiger partial charge in [-0.05, 0) is 140 Å². The van der Waals surface area contributed by atoms with Gasteiger partial charge >= 0.3 is 0 Å². The number of anilines is 2. The predicted octanol–water partition coefficient (Wildman–Crippen LogP) is 11.3. The SMILES string of the molecule is Cc1cc(Oc2ccccc2)ccc1-n1ncc(C(=O)c2cc3cc(C(=O)N4CCOCC4)ccc3[nH]2)c1N.Cc1cc(Oc2ccccc2)ccc1-n1ncc(C(=O)c2cc3cc(C(=O)N4CCOCC4)ccc3n2COCC[Si](C)(C)C)c1N. The van der Waals surface area contributed by atoms with Gasteiger partial charge < -0.3 is 54.5 Å². The minimum absolute atomic E-state index is 0.0460. The van der Waals surface area contributed by atoms with E-state index in [1.54, 1.807) is 37.4 Å². The van der Waals surface area contributed by atoms with Crippen LogP contribution in [0.4, 0.5) is 11.6 Å². The standard InChI is InChI=1S/C36H41N5O5Si.C30H27N5O4/c1-25-20-29(46-28-8-6-5-7-9-28)11-13-31(25)41-35(37)30(23-38-41)34(42)33-22-27-21-26(36(43)39-14-16-44-17-15-39)10-12-32(27)40(33)24-45-18-19-47(2,3)4;1-19-15-23(39-22-5-3-2-4-6-22)8-10-27(19)35-29(31)24(18-32-35)28(36)26-17-21-16-20(7-9-25(21)33-26)30(37)34-11-13-38-14-12-34/h5-13,20-23H,14-19,24,37H2,1-4H3;2-10,15-18,33H,11-14,31H2,1H3. The van der Waals surface area contributed by atoms with Gasteiger partial charge in [-0.1, -0.05) is 56.0 Å². The van der Waals surface area contributed by atoms with E-state index in [4.69, 9.17) is 35.2 Å². The second-order valence-corrected chi connectivity index (χ2v) is 28.1. The van der Waals surface area contributed by atoms with Crippen LogP contribution in [0.5, 0.6) is 23.0 Å². The van der Waals surface area contributed by atoms with Gasteiger partial charge in [0.15, 0.2) is 0 Å². The zero-order valence-corrected chi connectivity index (χ0v) is 49.7. The van der Waals surface area contributed by atoms with Crippen LogP contribution in [-0.4, -0.2) is 130 Å². The summed E-state index contributed by atoms with van der Waals surface area (Å²) < 4.78 is 33.8. The number of rotatable bonds is 17. The number of carbonyl (C=O) groups excluding carboxylic acids is 4. The quantitative estimate of drug-likeness (QED) is 0.0438. The summed E-state index contributed by atoms with van der Waals surface area (Å²) >= 11 is 0. The Bertz CT molecular complexity index is 4120. The summed E-state index contributed by atoms with van der Waals surface area (Å²) in [5, 5.41) is 10.5. The van der Waals surface area contributed by atoms with E-state index in [-0.39, 0.29) is 52.9 Å². The van der Waals surface area contributed by atoms with Crippen LogP contribution in [0.15, 0.2) is 158 Å². The lowest BCUT2D eigenvalue weighted by Gasteiger charge is -2.26. The third kappa shape index (κ3) is 12.9. The molecule has 2 amide bonds. The minimum Gasteiger partial charge on any atom is -0.457 e. The molecule has 0 bridgehead atoms. The van der Waals surface area contributed by atoms with Crippen molar-refractivity contribution in [1.29, 1.82) is 0 Å². The number of nitrogens with zero attached hydrogens (tertiary/aromatic N) is 7. The highest BCUT2D eigenvalue weighted by Crippen LogP contribution is 2.32. The van der Waals surface area contributed by atoms with Crippen LogP contribution in [0.25, 0.3) is 33.2 Å². The molecule has 10 aromatic rings. The van der Waals surface area contributed by atoms with E-state index in [1.807, 2.05) is 146 Å². The number of fused-ring (bicyclic) bond motifs is 2. The van der Waals surface area contributed by atoms with Gasteiger partial charge in [0.1, 0.15) is 41.4 Å². The molecule has 2 saturated heterocycles. The van der Waals surface area contributed by atoms with E-state index in [2.05, 4.69) is 34.8 Å². The van der Waals surface area contributed by atoms with Crippen LogP contribution < -0.4 is 20.9 Å². The predicted molar refractivity (Wildman–Crippen MR) is 333 cm³/mol. The normalized spacial score (nSPS) is 13.6. The molecule has 0 unspecified atom stereocenters. The van der Waals surface area contributed by atoms with Gasteiger partial charge in [-0.3, -0.25) is 19.2 Å². The number of amides is 2. The molecule has 5 N–H and O–H groups in total. The number of aryl methyl sites for hydroxylation is 2. The molecule has 86 heavy (non-hydrogen) atoms. The molecule has 0 radical (unpaired) electrons. The maximum atomic E-state index is 14.2. The molecule has 6 heterocycles. The number of para-hydroxylation sites is 2. The van der Waals surface area contributed by atoms with Crippen molar-refractivity contribution in [3.63, 3.8) is 0 Å². The number of nitrogens with one attached hydrogen (secondary N) is 1. The second kappa shape index (κ2) is 25.3. The van der Waals surface area contributed by atoms with Crippen LogP contribution in [-0.2, 0) is 20.9 Å². The molecule has 0 aliphatic carbocycles. The topological polar surface area (TPSA) is 229 Å². The largest absolute Gasteiger partial charge is 0.457 e. The Balaban J connectivity index is 0.000000182. The fraction of sp³-hybridized carbons (Fsp3) is 0.242. The number of nitrogens with two attached hydrogens (primary N) is 2. The summed E-state index contributed by atoms with van der Waals surface area (Å²) in [6.07, 6.45) is 2.98. The average Bonchev–Trinajstić information content (AvgIpc) is 1.86. The third-order valence-electron chi connectivity index (χ3n) is 15.2. The van der Waals surface area contributed by atoms with E-state index < -0.39 is 8.07 Å². The Morgan fingerprint density at radius 1 is 0.570 bits per heavy atom. The molecule has 2 aliphatic rings. The van der Waals surface area contributed by atoms with E-state index in [1.165, 1.54) is 12.4 Å². The highest BCUT2D eigenvalue weighted by molar-refractivity contribution is 6.76. The third-order valence-corrected chi connectivity index (χ3v) is 16.9. The Hall–Kier alpha value is -9.60. The van der Waals surface area contributed by atoms with Gasteiger partial charge in [0, 0.05) is 68.3 Å². The molecule has 4 aromatic heterocycles. The molecule has 12 rings (SSSR count). The van der Waals surface area contributed by atoms with Crippen molar-refractivity contribution in [2.45, 2.75) is 46.3 Å². The summed E-state index contributed by atoms with van der Waals surface area (Å²) in [5.41, 5.74) is 20.3. The molecular formula is C66H68N10O9Si. The van der Waals surface area contributed by atoms with Gasteiger partial charge in [0.25, 0.3) is 11.8 Å². The molecule has 0 atom stereocenters. The van der Waals surface area contributed by atoms with Crippen LogP contribution in [0, 0.1) is 13.8 Å². The summed E-state index contributed by atoms with van der Waals surface area (Å²) in [7, 11) is -1.31. The van der Waals surface area contributed by atoms with Crippen molar-refractivity contribution < 1.29 is 42.9 Å². The molecular weight excluding hydrogens is 1100 g/mol. The Labute approximate surface area is 498 Å². The summed E-state index contributed by atoms with van der Waals surface area (Å²) in [4.78, 5) is 60.5. The number of hydrogen-bond donors (Lipinski definition) is 3. The van der Waals surface area contributed by atoms with E-state index in [9.17, 15) is 19.2 Å². The van der Waals surface area contributed by atoms with Gasteiger partial charge in [0.2, 0.25) is 11.6 Å². The van der Waals surface area contributed by atoms with E-state index in [0.29, 0.717) is 93.2 Å². The number of carbonyl (C=O) groups is 4. The highest BCUT2D eigenvalue weighted by atomic mass is 28.3. The fourth-order valence-corrected chi connectivity index (χ4v) is 11.1. The zero-order chi connectivity index (χ0) is 60.1. The Morgan fingerprint density at radius 2 is 1.07 bits per heavy atom. The van der Waals surface area contributed by atoms with Crippen LogP contribution >= 0.6 is 0 Å². The fourth-order valence-electron chi connectivity index (χ4n) is 10.4. The first-order valence-corrected chi connectivity index (χ1v) is 32.3. The monoisotopic (exact) mass is 1170 g/mol. The number of nitrogen functional groups attached to an aromatic ring is 2. The number of benzene rings is 6. The lowest BCUT2D eigenvalue weighted by atomic mass is 10.1. The number of H-pyrrole nitrogens is 1. The van der Waals surface area contributed by atoms with E-state index >= 15 is 0 Å². The van der Waals surface area contributed by atoms with E-state index in [0.717, 1.165) is 61.9 Å². The van der Waals surface area contributed by atoms with Crippen molar-refractivity contribution in [2.24, 2.45) is 0 Å². The summed E-state index contributed by atoms with van der Waals surface area (Å²) in [6.45, 7) is 15.9. The molecule has 0 spiro atoms. The van der Waals surface area contributed by atoms with Gasteiger partial charge in [-0.25, -0.2) is 9.36 Å². The minimum atomic E-state index is -1.31. The molecule has 2 aliphatic heterocycles. The summed E-state index contributed by atoms with van der Waals surface area (Å²) in [6, 6.07) is 45.8. The first kappa shape index (κ1) is 58.2. The second-order valence-electron chi connectivity index (χ2n) is 22.5. The lowest BCUT2D eigenvalue weighted by Crippen LogP contribution is -2.40. The molecule has 6 aromatic carbocycles. The Kier molecular flexibility index (Phi) is 17.1. The summed E-state index contributed by atoms with van der Waals surface area (Å²) in [5.74, 6) is 2.67. The van der Waals surface area contributed by atoms with Crippen molar-refractivity contribution in [2.75, 3.05) is 70.7 Å². The maximum Gasteiger partial charge on any atom is 0.254 e. The van der Waals surface area contributed by atoms with Gasteiger partial charge in [0.05, 0.1) is 78.2 Å². The Morgan fingerprint density at radius 3 is 1.58 bits per heavy atom.